The number of nitrogens with one attached hydrogen (secondary N) is 1. The summed E-state index contributed by atoms with van der Waals surface area (Å²) in [6, 6.07) is 11.1. The van der Waals surface area contributed by atoms with Crippen LogP contribution in [0.2, 0.25) is 0 Å². The Bertz CT molecular complexity index is 2190. The van der Waals surface area contributed by atoms with Gasteiger partial charge in [-0.1, -0.05) is 0 Å². The Kier molecular flexibility index (Phi) is 6.77. The normalized spacial score (nSPS) is 15.3. The van der Waals surface area contributed by atoms with Crippen LogP contribution in [-0.2, 0) is 17.8 Å². The van der Waals surface area contributed by atoms with Crippen molar-refractivity contribution >= 4 is 34.2 Å². The molecule has 0 saturated carbocycles. The second-order valence-corrected chi connectivity index (χ2v) is 12.0. The summed E-state index contributed by atoms with van der Waals surface area (Å²) in [4.78, 5) is 32.1. The number of hydrogen-bond acceptors (Lipinski definition) is 8. The number of nitrogens with zero attached hydrogens (tertiary/aromatic N) is 7. The minimum Gasteiger partial charge on any atom is -0.420 e. The van der Waals surface area contributed by atoms with Gasteiger partial charge in [0.15, 0.2) is 0 Å². The van der Waals surface area contributed by atoms with Crippen molar-refractivity contribution in [3.05, 3.63) is 95.5 Å². The summed E-state index contributed by atoms with van der Waals surface area (Å²) < 4.78 is 40.0. The molecular formula is C33H25ClF2N8O3. The number of fused-ring (bicyclic) bond motifs is 6. The molecule has 11 nitrogen and oxygen atoms in total. The van der Waals surface area contributed by atoms with Gasteiger partial charge in [-0.05, 0) is 61.9 Å². The molecule has 0 bridgehead atoms. The maximum Gasteiger partial charge on any atom is 0.487 e. The van der Waals surface area contributed by atoms with Crippen LogP contribution in [0.1, 0.15) is 46.0 Å². The summed E-state index contributed by atoms with van der Waals surface area (Å²) in [7, 11) is 0. The van der Waals surface area contributed by atoms with E-state index < -0.39 is 11.5 Å². The first-order chi connectivity index (χ1) is 22.6. The lowest BCUT2D eigenvalue weighted by Gasteiger charge is -2.23. The number of amides is 1. The predicted molar refractivity (Wildman–Crippen MR) is 169 cm³/mol. The van der Waals surface area contributed by atoms with Gasteiger partial charge in [0.25, 0.3) is 5.91 Å². The molecule has 5 heterocycles. The van der Waals surface area contributed by atoms with Gasteiger partial charge in [0.05, 0.1) is 35.1 Å². The Labute approximate surface area is 271 Å². The van der Waals surface area contributed by atoms with E-state index in [0.717, 1.165) is 50.5 Å². The molecule has 2 aromatic carbocycles. The summed E-state index contributed by atoms with van der Waals surface area (Å²) in [5.41, 5.74) is 4.55. The minimum absolute atomic E-state index is 0.0162. The number of rotatable bonds is 6. The molecule has 4 aromatic heterocycles. The van der Waals surface area contributed by atoms with E-state index in [1.54, 1.807) is 23.1 Å². The van der Waals surface area contributed by atoms with Crippen molar-refractivity contribution < 1.29 is 23.0 Å². The average molecular weight is 655 g/mol. The lowest BCUT2D eigenvalue weighted by Crippen LogP contribution is -2.21. The first kappa shape index (κ1) is 29.2. The Balaban J connectivity index is 1.19. The molecule has 2 aliphatic rings. The van der Waals surface area contributed by atoms with Crippen LogP contribution in [0.5, 0.6) is 5.75 Å². The highest BCUT2D eigenvalue weighted by Gasteiger charge is 2.29. The number of hydrogen-bond donors (Lipinski definition) is 1. The Morgan fingerprint density at radius 1 is 1.09 bits per heavy atom. The van der Waals surface area contributed by atoms with Crippen molar-refractivity contribution in [2.24, 2.45) is 0 Å². The third-order valence-electron chi connectivity index (χ3n) is 8.15. The van der Waals surface area contributed by atoms with E-state index in [9.17, 15) is 13.6 Å². The van der Waals surface area contributed by atoms with Crippen molar-refractivity contribution in [1.29, 1.82) is 0 Å². The second kappa shape index (κ2) is 10.9. The largest absolute Gasteiger partial charge is 0.487 e. The SMILES string of the molecule is Cc1cnc(-n2cc3c(n2)-c2cc(-c4cc(C(=O)Nc5ccc(OC(F)(F)Cl)cc5)cc5nc6n(c45)[C@H](C)COC6)cnc2C3)nc1. The quantitative estimate of drug-likeness (QED) is 0.203. The van der Waals surface area contributed by atoms with Gasteiger partial charge in [0.2, 0.25) is 5.95 Å². The first-order valence-electron chi connectivity index (χ1n) is 14.8. The third-order valence-corrected chi connectivity index (χ3v) is 8.23. The van der Waals surface area contributed by atoms with Crippen molar-refractivity contribution in [2.75, 3.05) is 11.9 Å². The van der Waals surface area contributed by atoms with E-state index in [2.05, 4.69) is 31.5 Å². The number of aromatic nitrogens is 7. The fourth-order valence-electron chi connectivity index (χ4n) is 6.08. The zero-order valence-electron chi connectivity index (χ0n) is 25.0. The van der Waals surface area contributed by atoms with Crippen LogP contribution >= 0.6 is 11.6 Å². The van der Waals surface area contributed by atoms with Gasteiger partial charge in [-0.3, -0.25) is 9.78 Å². The second-order valence-electron chi connectivity index (χ2n) is 11.6. The molecule has 47 heavy (non-hydrogen) atoms. The van der Waals surface area contributed by atoms with Gasteiger partial charge >= 0.3 is 5.57 Å². The molecule has 236 valence electrons. The minimum atomic E-state index is -3.84. The standard InChI is InChI=1S/C33H25ClF2N8O3/c1-17-11-38-32(39-12-17)43-14-21-10-26-25(29(21)42-43)8-20(13-37-26)24-7-19(9-27-30(24)44-18(2)15-46-16-28(44)41-27)31(45)40-22-3-5-23(6-4-22)47-33(34,35)36/h3-9,11-14,18H,10,15-16H2,1-2H3,(H,40,45)/t18-/m1/s1. The van der Waals surface area contributed by atoms with E-state index >= 15 is 0 Å². The summed E-state index contributed by atoms with van der Waals surface area (Å²) in [6.45, 7) is 4.87. The molecule has 6 aromatic rings. The number of halogens is 3. The van der Waals surface area contributed by atoms with Gasteiger partial charge < -0.3 is 19.4 Å². The number of pyridine rings is 1. The fraction of sp³-hybridized carbons (Fsp3) is 0.212. The van der Waals surface area contributed by atoms with Crippen molar-refractivity contribution in [3.8, 4) is 34.1 Å². The third kappa shape index (κ3) is 5.36. The molecule has 1 amide bonds. The summed E-state index contributed by atoms with van der Waals surface area (Å²) in [5, 5.41) is 7.64. The van der Waals surface area contributed by atoms with Crippen LogP contribution in [0.4, 0.5) is 14.5 Å². The van der Waals surface area contributed by atoms with Crippen LogP contribution in [0.25, 0.3) is 39.4 Å². The van der Waals surface area contributed by atoms with Gasteiger partial charge in [0, 0.05) is 76.3 Å². The van der Waals surface area contributed by atoms with E-state index in [-0.39, 0.29) is 11.8 Å². The predicted octanol–water partition coefficient (Wildman–Crippen LogP) is 6.47. The molecule has 0 fully saturated rings. The van der Waals surface area contributed by atoms with E-state index in [4.69, 9.17) is 31.4 Å². The Hall–Kier alpha value is -5.27. The summed E-state index contributed by atoms with van der Waals surface area (Å²) in [6.07, 6.45) is 7.87. The van der Waals surface area contributed by atoms with E-state index in [1.807, 2.05) is 31.5 Å². The smallest absolute Gasteiger partial charge is 0.420 e. The van der Waals surface area contributed by atoms with Crippen molar-refractivity contribution in [2.45, 2.75) is 38.5 Å². The topological polar surface area (TPSA) is 122 Å². The van der Waals surface area contributed by atoms with Crippen LogP contribution in [-0.4, -0.2) is 52.4 Å². The molecule has 14 heteroatoms. The monoisotopic (exact) mass is 654 g/mol. The molecule has 0 saturated heterocycles. The molecular weight excluding hydrogens is 630 g/mol. The lowest BCUT2D eigenvalue weighted by atomic mass is 9.99. The molecule has 1 N–H and O–H groups in total. The number of alkyl halides is 3. The maximum absolute atomic E-state index is 13.6. The van der Waals surface area contributed by atoms with E-state index in [0.29, 0.717) is 42.4 Å². The molecule has 1 aliphatic carbocycles. The van der Waals surface area contributed by atoms with Gasteiger partial charge in [-0.2, -0.15) is 5.10 Å². The number of imidazole rings is 1. The van der Waals surface area contributed by atoms with Crippen molar-refractivity contribution in [3.63, 3.8) is 0 Å². The molecule has 1 atom stereocenters. The van der Waals surface area contributed by atoms with Crippen LogP contribution < -0.4 is 10.1 Å². The highest BCUT2D eigenvalue weighted by atomic mass is 35.5. The van der Waals surface area contributed by atoms with Crippen LogP contribution in [0.15, 0.2) is 67.3 Å². The fourth-order valence-corrected chi connectivity index (χ4v) is 6.17. The Morgan fingerprint density at radius 2 is 1.87 bits per heavy atom. The number of carbonyl (C=O) groups excluding carboxylic acids is 1. The van der Waals surface area contributed by atoms with Gasteiger partial charge in [0.1, 0.15) is 18.2 Å². The molecule has 8 rings (SSSR count). The average Bonchev–Trinajstić information content (AvgIpc) is 3.72. The number of anilines is 1. The Morgan fingerprint density at radius 3 is 2.64 bits per heavy atom. The zero-order chi connectivity index (χ0) is 32.4. The number of aryl methyl sites for hydroxylation is 1. The number of carbonyl (C=O) groups is 1. The lowest BCUT2D eigenvalue weighted by molar-refractivity contribution is -0.0964. The number of ether oxygens (including phenoxy) is 2. The van der Waals surface area contributed by atoms with Crippen molar-refractivity contribution in [1.82, 2.24) is 34.3 Å². The summed E-state index contributed by atoms with van der Waals surface area (Å²) >= 11 is 4.86. The highest BCUT2D eigenvalue weighted by molar-refractivity contribution is 6.20. The van der Waals surface area contributed by atoms with Gasteiger partial charge in [-0.25, -0.2) is 19.6 Å². The molecule has 1 aliphatic heterocycles. The summed E-state index contributed by atoms with van der Waals surface area (Å²) in [5.74, 6) is 0.693. The zero-order valence-corrected chi connectivity index (χ0v) is 25.8. The van der Waals surface area contributed by atoms with E-state index in [1.165, 1.54) is 24.3 Å². The van der Waals surface area contributed by atoms with Crippen LogP contribution in [0, 0.1) is 6.92 Å². The maximum atomic E-state index is 13.6. The molecule has 0 unspecified atom stereocenters. The molecule has 0 spiro atoms. The number of benzene rings is 2. The van der Waals surface area contributed by atoms with Crippen LogP contribution in [0.3, 0.4) is 0 Å². The van der Waals surface area contributed by atoms with Gasteiger partial charge in [-0.15, -0.1) is 8.78 Å². The first-order valence-corrected chi connectivity index (χ1v) is 15.1. The highest BCUT2D eigenvalue weighted by Crippen LogP contribution is 2.40. The molecule has 0 radical (unpaired) electrons.